The molecule has 0 N–H and O–H groups in total. The van der Waals surface area contributed by atoms with E-state index in [1.54, 1.807) is 0 Å². The molecule has 0 fully saturated rings. The SMILES string of the molecule is CC=CC(N(CCC)CCC)[Si](C)(C)C. The highest BCUT2D eigenvalue weighted by Gasteiger charge is 2.28. The molecule has 1 nitrogen and oxygen atoms in total. The molecule has 1 unspecified atom stereocenters. The van der Waals surface area contributed by atoms with Gasteiger partial charge in [-0.3, -0.25) is 4.90 Å². The number of hydrogen-bond donors (Lipinski definition) is 0. The van der Waals surface area contributed by atoms with Gasteiger partial charge < -0.3 is 0 Å². The van der Waals surface area contributed by atoms with Crippen LogP contribution < -0.4 is 0 Å². The topological polar surface area (TPSA) is 3.24 Å². The van der Waals surface area contributed by atoms with Crippen molar-refractivity contribution in [2.75, 3.05) is 13.1 Å². The van der Waals surface area contributed by atoms with Crippen molar-refractivity contribution in [3.63, 3.8) is 0 Å². The van der Waals surface area contributed by atoms with E-state index in [4.69, 9.17) is 0 Å². The summed E-state index contributed by atoms with van der Waals surface area (Å²) in [6.07, 6.45) is 7.16. The van der Waals surface area contributed by atoms with Crippen LogP contribution in [0.1, 0.15) is 33.6 Å². The minimum Gasteiger partial charge on any atom is -0.300 e. The van der Waals surface area contributed by atoms with Crippen LogP contribution in [0.4, 0.5) is 0 Å². The molecule has 0 aliphatic heterocycles. The molecular formula is C13H29NSi. The fourth-order valence-corrected chi connectivity index (χ4v) is 4.23. The maximum absolute atomic E-state index is 2.67. The minimum atomic E-state index is -1.11. The fourth-order valence-electron chi connectivity index (χ4n) is 2.10. The molecule has 0 heterocycles. The van der Waals surface area contributed by atoms with Crippen molar-refractivity contribution in [2.24, 2.45) is 0 Å². The maximum atomic E-state index is 2.67. The highest BCUT2D eigenvalue weighted by Crippen LogP contribution is 2.17. The monoisotopic (exact) mass is 227 g/mol. The first-order chi connectivity index (χ1) is 6.97. The summed E-state index contributed by atoms with van der Waals surface area (Å²) in [7, 11) is -1.11. The molecule has 0 saturated heterocycles. The minimum absolute atomic E-state index is 0.711. The third-order valence-electron chi connectivity index (χ3n) is 2.68. The second-order valence-electron chi connectivity index (χ2n) is 5.37. The quantitative estimate of drug-likeness (QED) is 0.470. The molecule has 90 valence electrons. The maximum Gasteiger partial charge on any atom is 0.0686 e. The Bertz CT molecular complexity index is 175. The molecule has 0 aromatic heterocycles. The molecule has 0 aliphatic rings. The van der Waals surface area contributed by atoms with Crippen molar-refractivity contribution in [2.45, 2.75) is 58.9 Å². The van der Waals surface area contributed by atoms with E-state index in [2.05, 4.69) is 57.5 Å². The number of hydrogen-bond acceptors (Lipinski definition) is 1. The molecule has 0 aromatic rings. The zero-order chi connectivity index (χ0) is 11.9. The largest absolute Gasteiger partial charge is 0.300 e. The van der Waals surface area contributed by atoms with Crippen molar-refractivity contribution in [3.05, 3.63) is 12.2 Å². The van der Waals surface area contributed by atoms with Gasteiger partial charge in [-0.15, -0.1) is 0 Å². The van der Waals surface area contributed by atoms with Crippen LogP contribution in [0.2, 0.25) is 19.6 Å². The van der Waals surface area contributed by atoms with Gasteiger partial charge in [0.1, 0.15) is 0 Å². The molecule has 0 spiro atoms. The molecule has 0 amide bonds. The Hall–Kier alpha value is -0.0831. The predicted octanol–water partition coefficient (Wildman–Crippen LogP) is 3.93. The Kier molecular flexibility index (Phi) is 7.19. The number of allylic oxidation sites excluding steroid dienone is 1. The van der Waals surface area contributed by atoms with Gasteiger partial charge in [0.15, 0.2) is 0 Å². The first-order valence-corrected chi connectivity index (χ1v) is 9.91. The van der Waals surface area contributed by atoms with Crippen LogP contribution in [0.25, 0.3) is 0 Å². The van der Waals surface area contributed by atoms with Crippen LogP contribution in [0.3, 0.4) is 0 Å². The predicted molar refractivity (Wildman–Crippen MR) is 74.1 cm³/mol. The molecule has 0 saturated carbocycles. The van der Waals surface area contributed by atoms with Crippen LogP contribution in [0.15, 0.2) is 12.2 Å². The summed E-state index contributed by atoms with van der Waals surface area (Å²) in [6.45, 7) is 16.6. The smallest absolute Gasteiger partial charge is 0.0686 e. The van der Waals surface area contributed by atoms with Crippen LogP contribution >= 0.6 is 0 Å². The van der Waals surface area contributed by atoms with Gasteiger partial charge in [-0.1, -0.05) is 45.6 Å². The van der Waals surface area contributed by atoms with Gasteiger partial charge in [-0.2, -0.15) is 0 Å². The molecule has 0 radical (unpaired) electrons. The lowest BCUT2D eigenvalue weighted by Crippen LogP contribution is -2.50. The number of rotatable bonds is 7. The zero-order valence-corrected chi connectivity index (χ0v) is 12.5. The molecule has 0 bridgehead atoms. The van der Waals surface area contributed by atoms with E-state index in [-0.39, 0.29) is 0 Å². The third-order valence-corrected chi connectivity index (χ3v) is 5.01. The Balaban J connectivity index is 4.66. The van der Waals surface area contributed by atoms with Crippen LogP contribution in [-0.4, -0.2) is 31.7 Å². The Labute approximate surface area is 97.6 Å². The Morgan fingerprint density at radius 2 is 1.53 bits per heavy atom. The summed E-state index contributed by atoms with van der Waals surface area (Å²) < 4.78 is 0. The van der Waals surface area contributed by atoms with E-state index in [9.17, 15) is 0 Å². The van der Waals surface area contributed by atoms with Crippen molar-refractivity contribution < 1.29 is 0 Å². The third kappa shape index (κ3) is 5.52. The van der Waals surface area contributed by atoms with Crippen molar-refractivity contribution in [3.8, 4) is 0 Å². The second kappa shape index (κ2) is 7.23. The highest BCUT2D eigenvalue weighted by atomic mass is 28.3. The van der Waals surface area contributed by atoms with Crippen molar-refractivity contribution in [1.82, 2.24) is 4.90 Å². The van der Waals surface area contributed by atoms with Crippen LogP contribution in [0.5, 0.6) is 0 Å². The summed E-state index contributed by atoms with van der Waals surface area (Å²) in [5.74, 6) is 0. The van der Waals surface area contributed by atoms with Gasteiger partial charge in [0.05, 0.1) is 8.07 Å². The normalized spacial score (nSPS) is 15.1. The highest BCUT2D eigenvalue weighted by molar-refractivity contribution is 6.78. The van der Waals surface area contributed by atoms with E-state index in [1.165, 1.54) is 25.9 Å². The van der Waals surface area contributed by atoms with Gasteiger partial charge in [0, 0.05) is 5.67 Å². The van der Waals surface area contributed by atoms with Crippen molar-refractivity contribution >= 4 is 8.07 Å². The zero-order valence-electron chi connectivity index (χ0n) is 11.5. The average molecular weight is 227 g/mol. The standard InChI is InChI=1S/C13H29NSi/c1-7-10-13(15(4,5)6)14(11-8-2)12-9-3/h7,10,13H,8-9,11-12H2,1-6H3. The molecule has 0 aromatic carbocycles. The average Bonchev–Trinajstić information content (AvgIpc) is 2.12. The van der Waals surface area contributed by atoms with Gasteiger partial charge in [0.2, 0.25) is 0 Å². The molecule has 0 aliphatic carbocycles. The Morgan fingerprint density at radius 3 is 1.80 bits per heavy atom. The van der Waals surface area contributed by atoms with Gasteiger partial charge >= 0.3 is 0 Å². The van der Waals surface area contributed by atoms with E-state index in [1.807, 2.05) is 0 Å². The van der Waals surface area contributed by atoms with Crippen molar-refractivity contribution in [1.29, 1.82) is 0 Å². The van der Waals surface area contributed by atoms with E-state index in [0.717, 1.165) is 0 Å². The molecule has 15 heavy (non-hydrogen) atoms. The first kappa shape index (κ1) is 14.9. The van der Waals surface area contributed by atoms with E-state index in [0.29, 0.717) is 5.67 Å². The second-order valence-corrected chi connectivity index (χ2v) is 10.7. The van der Waals surface area contributed by atoms with E-state index >= 15 is 0 Å². The summed E-state index contributed by atoms with van der Waals surface area (Å²) in [5.41, 5.74) is 0.711. The summed E-state index contributed by atoms with van der Waals surface area (Å²) in [4.78, 5) is 2.67. The lowest BCUT2D eigenvalue weighted by atomic mass is 10.3. The Morgan fingerprint density at radius 1 is 1.07 bits per heavy atom. The van der Waals surface area contributed by atoms with Crippen LogP contribution in [0, 0.1) is 0 Å². The fraction of sp³-hybridized carbons (Fsp3) is 0.846. The number of nitrogens with zero attached hydrogens (tertiary/aromatic N) is 1. The summed E-state index contributed by atoms with van der Waals surface area (Å²) in [6, 6.07) is 0. The first-order valence-electron chi connectivity index (χ1n) is 6.34. The molecule has 1 atom stereocenters. The molecule has 0 rings (SSSR count). The van der Waals surface area contributed by atoms with Crippen LogP contribution in [-0.2, 0) is 0 Å². The van der Waals surface area contributed by atoms with Gasteiger partial charge in [-0.05, 0) is 32.9 Å². The molecule has 2 heteroatoms. The van der Waals surface area contributed by atoms with Gasteiger partial charge in [0.25, 0.3) is 0 Å². The van der Waals surface area contributed by atoms with Gasteiger partial charge in [-0.25, -0.2) is 0 Å². The lowest BCUT2D eigenvalue weighted by Gasteiger charge is -2.37. The molecular weight excluding hydrogens is 198 g/mol. The lowest BCUT2D eigenvalue weighted by molar-refractivity contribution is 0.272. The summed E-state index contributed by atoms with van der Waals surface area (Å²) in [5, 5.41) is 0. The van der Waals surface area contributed by atoms with E-state index < -0.39 is 8.07 Å². The summed E-state index contributed by atoms with van der Waals surface area (Å²) >= 11 is 0.